The van der Waals surface area contributed by atoms with E-state index in [-0.39, 0.29) is 11.5 Å². The third-order valence-corrected chi connectivity index (χ3v) is 2.78. The zero-order valence-electron chi connectivity index (χ0n) is 7.54. The van der Waals surface area contributed by atoms with Gasteiger partial charge in [-0.15, -0.1) is 0 Å². The minimum Gasteiger partial charge on any atom is -0.550 e. The molecule has 0 bridgehead atoms. The van der Waals surface area contributed by atoms with Crippen LogP contribution in [0.2, 0.25) is 0 Å². The summed E-state index contributed by atoms with van der Waals surface area (Å²) in [5.41, 5.74) is -0.323. The van der Waals surface area contributed by atoms with Gasteiger partial charge in [0.15, 0.2) is 0 Å². The summed E-state index contributed by atoms with van der Waals surface area (Å²) in [6.07, 6.45) is 1.35. The molecule has 2 atom stereocenters. The zero-order valence-corrected chi connectivity index (χ0v) is 7.54. The Morgan fingerprint density at radius 2 is 2.08 bits per heavy atom. The van der Waals surface area contributed by atoms with E-state index in [0.717, 1.165) is 0 Å². The van der Waals surface area contributed by atoms with Crippen LogP contribution in [0.3, 0.4) is 0 Å². The van der Waals surface area contributed by atoms with Gasteiger partial charge in [-0.05, 0) is 24.7 Å². The van der Waals surface area contributed by atoms with Crippen LogP contribution >= 0.6 is 0 Å². The van der Waals surface area contributed by atoms with Crippen LogP contribution in [0, 0.1) is 11.3 Å². The smallest absolute Gasteiger partial charge is 0.0545 e. The lowest BCUT2D eigenvalue weighted by molar-refractivity contribution is -0.316. The maximum absolute atomic E-state index is 10.7. The predicted molar refractivity (Wildman–Crippen MR) is 42.1 cm³/mol. The monoisotopic (exact) mass is 171 g/mol. The molecule has 12 heavy (non-hydrogen) atoms. The molecule has 1 aliphatic carbocycles. The van der Waals surface area contributed by atoms with Crippen molar-refractivity contribution >= 4 is 5.97 Å². The molecule has 0 spiro atoms. The van der Waals surface area contributed by atoms with Crippen molar-refractivity contribution in [2.24, 2.45) is 11.3 Å². The number of hydrogen-bond donors (Lipinski definition) is 1. The summed E-state index contributed by atoms with van der Waals surface area (Å²) in [6.45, 7) is 3.74. The van der Waals surface area contributed by atoms with Gasteiger partial charge in [0.2, 0.25) is 0 Å². The van der Waals surface area contributed by atoms with Gasteiger partial charge >= 0.3 is 0 Å². The van der Waals surface area contributed by atoms with Crippen molar-refractivity contribution in [2.75, 3.05) is 0 Å². The molecule has 0 aliphatic heterocycles. The second-order valence-corrected chi connectivity index (χ2v) is 4.30. The Bertz CT molecular complexity index is 186. The van der Waals surface area contributed by atoms with E-state index in [4.69, 9.17) is 0 Å². The van der Waals surface area contributed by atoms with Gasteiger partial charge in [0.1, 0.15) is 0 Å². The summed E-state index contributed by atoms with van der Waals surface area (Å²) in [5.74, 6) is -1.38. The number of aliphatic hydroxyl groups is 1. The number of aliphatic carboxylic acids is 1. The highest BCUT2D eigenvalue weighted by Gasteiger charge is 2.36. The van der Waals surface area contributed by atoms with Crippen molar-refractivity contribution in [1.82, 2.24) is 0 Å². The molecule has 0 saturated heterocycles. The van der Waals surface area contributed by atoms with Crippen molar-refractivity contribution in [2.45, 2.75) is 39.2 Å². The summed E-state index contributed by atoms with van der Waals surface area (Å²) < 4.78 is 0. The molecule has 1 saturated carbocycles. The Morgan fingerprint density at radius 1 is 1.50 bits per heavy atom. The number of carboxylic acids is 1. The third-order valence-electron chi connectivity index (χ3n) is 2.78. The highest BCUT2D eigenvalue weighted by Crippen LogP contribution is 2.40. The van der Waals surface area contributed by atoms with Crippen LogP contribution < -0.4 is 5.11 Å². The Balaban J connectivity index is 2.70. The van der Waals surface area contributed by atoms with Gasteiger partial charge in [0.05, 0.1) is 6.10 Å². The van der Waals surface area contributed by atoms with Crippen molar-refractivity contribution < 1.29 is 15.0 Å². The highest BCUT2D eigenvalue weighted by atomic mass is 16.4. The van der Waals surface area contributed by atoms with E-state index < -0.39 is 11.9 Å². The molecular weight excluding hydrogens is 156 g/mol. The number of hydrogen-bond acceptors (Lipinski definition) is 3. The number of carbonyl (C=O) groups excluding carboxylic acids is 1. The molecule has 3 heteroatoms. The van der Waals surface area contributed by atoms with Crippen molar-refractivity contribution in [3.05, 3.63) is 0 Å². The van der Waals surface area contributed by atoms with Gasteiger partial charge in [0, 0.05) is 11.9 Å². The third kappa shape index (κ3) is 1.78. The molecule has 0 radical (unpaired) electrons. The van der Waals surface area contributed by atoms with E-state index in [1.54, 1.807) is 0 Å². The van der Waals surface area contributed by atoms with E-state index in [1.807, 2.05) is 13.8 Å². The second-order valence-electron chi connectivity index (χ2n) is 4.30. The van der Waals surface area contributed by atoms with E-state index in [1.165, 1.54) is 0 Å². The van der Waals surface area contributed by atoms with Crippen LogP contribution in [0.5, 0.6) is 0 Å². The van der Waals surface area contributed by atoms with E-state index in [9.17, 15) is 15.0 Å². The predicted octanol–water partition coefficient (Wildman–Crippen LogP) is -0.0765. The topological polar surface area (TPSA) is 60.4 Å². The summed E-state index contributed by atoms with van der Waals surface area (Å²) in [4.78, 5) is 10.7. The van der Waals surface area contributed by atoms with Crippen LogP contribution in [0.1, 0.15) is 33.1 Å². The highest BCUT2D eigenvalue weighted by molar-refractivity contribution is 5.68. The Hall–Kier alpha value is -0.570. The molecule has 0 aromatic heterocycles. The van der Waals surface area contributed by atoms with Crippen LogP contribution in [-0.4, -0.2) is 17.2 Å². The first kappa shape index (κ1) is 9.52. The Morgan fingerprint density at radius 3 is 2.50 bits per heavy atom. The lowest BCUT2D eigenvalue weighted by Gasteiger charge is -2.41. The summed E-state index contributed by atoms with van der Waals surface area (Å²) in [5, 5.41) is 20.0. The number of carbonyl (C=O) groups is 1. The lowest BCUT2D eigenvalue weighted by atomic mass is 9.68. The van der Waals surface area contributed by atoms with E-state index in [0.29, 0.717) is 19.3 Å². The first-order valence-corrected chi connectivity index (χ1v) is 4.32. The minimum atomic E-state index is -0.980. The summed E-state index contributed by atoms with van der Waals surface area (Å²) in [7, 11) is 0. The second kappa shape index (κ2) is 3.05. The first-order chi connectivity index (χ1) is 5.43. The van der Waals surface area contributed by atoms with E-state index in [2.05, 4.69) is 0 Å². The van der Waals surface area contributed by atoms with Gasteiger partial charge in [-0.25, -0.2) is 0 Å². The number of aliphatic hydroxyl groups excluding tert-OH is 1. The number of rotatable bonds is 1. The van der Waals surface area contributed by atoms with Crippen LogP contribution in [0.4, 0.5) is 0 Å². The maximum atomic E-state index is 10.7. The average molecular weight is 171 g/mol. The fraction of sp³-hybridized carbons (Fsp3) is 0.889. The van der Waals surface area contributed by atoms with Gasteiger partial charge in [-0.1, -0.05) is 13.8 Å². The van der Waals surface area contributed by atoms with Crippen LogP contribution in [0.15, 0.2) is 0 Å². The SMILES string of the molecule is CC1(C)CC(O)CCC1C(=O)[O-]. The van der Waals surface area contributed by atoms with Crippen molar-refractivity contribution in [1.29, 1.82) is 0 Å². The van der Waals surface area contributed by atoms with Gasteiger partial charge in [-0.2, -0.15) is 0 Å². The molecule has 1 N–H and O–H groups in total. The van der Waals surface area contributed by atoms with Gasteiger partial charge < -0.3 is 15.0 Å². The molecule has 2 unspecified atom stereocenters. The molecule has 0 aromatic carbocycles. The largest absolute Gasteiger partial charge is 0.550 e. The maximum Gasteiger partial charge on any atom is 0.0545 e. The fourth-order valence-corrected chi connectivity index (χ4v) is 2.04. The molecule has 1 fully saturated rings. The molecule has 0 aromatic rings. The van der Waals surface area contributed by atoms with Gasteiger partial charge in [0.25, 0.3) is 0 Å². The average Bonchev–Trinajstić information content (AvgIpc) is 1.82. The normalized spacial score (nSPS) is 34.6. The number of carboxylic acid groups (broad SMARTS) is 1. The Labute approximate surface area is 72.4 Å². The van der Waals surface area contributed by atoms with Crippen molar-refractivity contribution in [3.8, 4) is 0 Å². The standard InChI is InChI=1S/C9H16O3/c1-9(2)5-6(10)3-4-7(9)8(11)12/h6-7,10H,3-5H2,1-2H3,(H,11,12)/p-1. The lowest BCUT2D eigenvalue weighted by Crippen LogP contribution is -2.45. The molecular formula is C9H15O3-. The van der Waals surface area contributed by atoms with Crippen molar-refractivity contribution in [3.63, 3.8) is 0 Å². The fourth-order valence-electron chi connectivity index (χ4n) is 2.04. The van der Waals surface area contributed by atoms with Crippen LogP contribution in [0.25, 0.3) is 0 Å². The Kier molecular flexibility index (Phi) is 2.42. The quantitative estimate of drug-likeness (QED) is 0.600. The summed E-state index contributed by atoms with van der Waals surface area (Å²) >= 11 is 0. The molecule has 3 nitrogen and oxygen atoms in total. The van der Waals surface area contributed by atoms with E-state index >= 15 is 0 Å². The molecule has 1 aliphatic rings. The molecule has 1 rings (SSSR count). The molecule has 70 valence electrons. The minimum absolute atomic E-state index is 0.323. The van der Waals surface area contributed by atoms with Crippen LogP contribution in [-0.2, 0) is 4.79 Å². The molecule has 0 amide bonds. The zero-order chi connectivity index (χ0) is 9.35. The molecule has 0 heterocycles. The first-order valence-electron chi connectivity index (χ1n) is 4.32. The van der Waals surface area contributed by atoms with Gasteiger partial charge in [-0.3, -0.25) is 0 Å². The summed E-state index contributed by atoms with van der Waals surface area (Å²) in [6, 6.07) is 0.